The monoisotopic (exact) mass is 197 g/mol. The Labute approximate surface area is 85.2 Å². The van der Waals surface area contributed by atoms with E-state index < -0.39 is 0 Å². The van der Waals surface area contributed by atoms with Gasteiger partial charge in [0.05, 0.1) is 5.92 Å². The highest BCUT2D eigenvalue weighted by Gasteiger charge is 2.48. The van der Waals surface area contributed by atoms with E-state index in [2.05, 4.69) is 5.32 Å². The first-order chi connectivity index (χ1) is 6.47. The van der Waals surface area contributed by atoms with Gasteiger partial charge in [-0.2, -0.15) is 0 Å². The zero-order valence-corrected chi connectivity index (χ0v) is 9.17. The van der Waals surface area contributed by atoms with Crippen LogP contribution in [0, 0.1) is 17.8 Å². The van der Waals surface area contributed by atoms with Crippen LogP contribution in [-0.4, -0.2) is 24.7 Å². The number of carbonyl (C=O) groups is 1. The summed E-state index contributed by atoms with van der Waals surface area (Å²) in [6, 6.07) is 0. The van der Waals surface area contributed by atoms with Gasteiger partial charge in [-0.05, 0) is 52.1 Å². The molecule has 1 aliphatic heterocycles. The average molecular weight is 197 g/mol. The second-order valence-electron chi connectivity index (χ2n) is 5.46. The minimum absolute atomic E-state index is 0.00227. The number of ether oxygens (including phenoxy) is 1. The van der Waals surface area contributed by atoms with Crippen LogP contribution in [0.4, 0.5) is 0 Å². The van der Waals surface area contributed by atoms with Crippen LogP contribution in [0.1, 0.15) is 27.2 Å². The highest BCUT2D eigenvalue weighted by molar-refractivity contribution is 5.74. The smallest absolute Gasteiger partial charge is 0.309 e. The van der Waals surface area contributed by atoms with Crippen molar-refractivity contribution in [1.29, 1.82) is 0 Å². The number of carbonyl (C=O) groups excluding carboxylic acids is 1. The second kappa shape index (κ2) is 3.23. The zero-order valence-electron chi connectivity index (χ0n) is 9.17. The van der Waals surface area contributed by atoms with E-state index in [1.54, 1.807) is 0 Å². The van der Waals surface area contributed by atoms with E-state index in [1.807, 2.05) is 20.8 Å². The van der Waals surface area contributed by atoms with E-state index in [1.165, 1.54) is 0 Å². The van der Waals surface area contributed by atoms with Crippen LogP contribution in [0.5, 0.6) is 0 Å². The first kappa shape index (κ1) is 9.97. The molecule has 0 bridgehead atoms. The summed E-state index contributed by atoms with van der Waals surface area (Å²) in [4.78, 5) is 11.7. The lowest BCUT2D eigenvalue weighted by molar-refractivity contribution is -0.167. The van der Waals surface area contributed by atoms with Crippen molar-refractivity contribution in [2.45, 2.75) is 32.8 Å². The molecule has 0 aromatic rings. The van der Waals surface area contributed by atoms with Crippen LogP contribution < -0.4 is 5.32 Å². The fourth-order valence-electron chi connectivity index (χ4n) is 2.44. The van der Waals surface area contributed by atoms with E-state index in [0.717, 1.165) is 25.4 Å². The van der Waals surface area contributed by atoms with Gasteiger partial charge in [0.2, 0.25) is 0 Å². The maximum absolute atomic E-state index is 11.7. The van der Waals surface area contributed by atoms with Gasteiger partial charge < -0.3 is 10.1 Å². The van der Waals surface area contributed by atoms with Crippen molar-refractivity contribution in [3.05, 3.63) is 0 Å². The highest BCUT2D eigenvalue weighted by Crippen LogP contribution is 2.43. The zero-order chi connectivity index (χ0) is 10.3. The lowest BCUT2D eigenvalue weighted by Gasteiger charge is -2.39. The topological polar surface area (TPSA) is 38.3 Å². The average Bonchev–Trinajstić information content (AvgIpc) is 2.28. The van der Waals surface area contributed by atoms with E-state index in [9.17, 15) is 4.79 Å². The summed E-state index contributed by atoms with van der Waals surface area (Å²) in [6.45, 7) is 7.86. The summed E-state index contributed by atoms with van der Waals surface area (Å²) in [6.07, 6.45) is 1.02. The molecule has 3 nitrogen and oxygen atoms in total. The molecule has 1 saturated heterocycles. The lowest BCUT2D eigenvalue weighted by atomic mass is 9.67. The minimum Gasteiger partial charge on any atom is -0.460 e. The number of nitrogens with one attached hydrogen (secondary N) is 1. The van der Waals surface area contributed by atoms with Crippen molar-refractivity contribution in [1.82, 2.24) is 5.32 Å². The Kier molecular flexibility index (Phi) is 2.30. The van der Waals surface area contributed by atoms with Crippen LogP contribution >= 0.6 is 0 Å². The fourth-order valence-corrected chi connectivity index (χ4v) is 2.44. The molecule has 3 heteroatoms. The summed E-state index contributed by atoms with van der Waals surface area (Å²) < 4.78 is 5.38. The summed E-state index contributed by atoms with van der Waals surface area (Å²) in [5.41, 5.74) is -0.339. The molecule has 14 heavy (non-hydrogen) atoms. The summed E-state index contributed by atoms with van der Waals surface area (Å²) in [5.74, 6) is 1.44. The van der Waals surface area contributed by atoms with Gasteiger partial charge in [-0.15, -0.1) is 0 Å². The largest absolute Gasteiger partial charge is 0.460 e. The van der Waals surface area contributed by atoms with Gasteiger partial charge in [0.1, 0.15) is 5.60 Å². The SMILES string of the molecule is CC(C)(C)OC(=O)[C@@H]1C[C@H]2CNC[C@H]21. The van der Waals surface area contributed by atoms with E-state index in [-0.39, 0.29) is 17.5 Å². The fraction of sp³-hybridized carbons (Fsp3) is 0.909. The molecular formula is C11H19NO2. The van der Waals surface area contributed by atoms with Gasteiger partial charge in [-0.25, -0.2) is 0 Å². The maximum atomic E-state index is 11.7. The molecule has 1 heterocycles. The summed E-state index contributed by atoms with van der Waals surface area (Å²) in [7, 11) is 0. The Morgan fingerprint density at radius 3 is 2.64 bits per heavy atom. The molecule has 2 fully saturated rings. The van der Waals surface area contributed by atoms with E-state index in [0.29, 0.717) is 5.92 Å². The van der Waals surface area contributed by atoms with Crippen molar-refractivity contribution in [3.63, 3.8) is 0 Å². The Morgan fingerprint density at radius 1 is 1.36 bits per heavy atom. The molecule has 80 valence electrons. The van der Waals surface area contributed by atoms with Gasteiger partial charge in [-0.1, -0.05) is 0 Å². The summed E-state index contributed by atoms with van der Waals surface area (Å²) in [5, 5.41) is 3.32. The van der Waals surface area contributed by atoms with Crippen LogP contribution in [0.2, 0.25) is 0 Å². The molecule has 3 atom stereocenters. The number of hydrogen-bond donors (Lipinski definition) is 1. The third-order valence-electron chi connectivity index (χ3n) is 3.18. The first-order valence-corrected chi connectivity index (χ1v) is 5.41. The van der Waals surface area contributed by atoms with Crippen LogP contribution in [0.3, 0.4) is 0 Å². The Bertz CT molecular complexity index is 244. The molecule has 0 aromatic heterocycles. The molecule has 2 rings (SSSR count). The predicted molar refractivity (Wildman–Crippen MR) is 53.8 cm³/mol. The molecule has 0 amide bonds. The molecule has 1 saturated carbocycles. The standard InChI is InChI=1S/C11H19NO2/c1-11(2,3)14-10(13)8-4-7-5-12-6-9(7)8/h7-9,12H,4-6H2,1-3H3/t7-,8+,9+/m0/s1. The third-order valence-corrected chi connectivity index (χ3v) is 3.18. The quantitative estimate of drug-likeness (QED) is 0.642. The minimum atomic E-state index is -0.339. The van der Waals surface area contributed by atoms with Crippen molar-refractivity contribution in [2.24, 2.45) is 17.8 Å². The van der Waals surface area contributed by atoms with Gasteiger partial charge in [0.25, 0.3) is 0 Å². The molecule has 1 aliphatic carbocycles. The van der Waals surface area contributed by atoms with Crippen molar-refractivity contribution < 1.29 is 9.53 Å². The number of hydrogen-bond acceptors (Lipinski definition) is 3. The second-order valence-corrected chi connectivity index (χ2v) is 5.46. The van der Waals surface area contributed by atoms with Gasteiger partial charge in [-0.3, -0.25) is 4.79 Å². The Hall–Kier alpha value is -0.570. The lowest BCUT2D eigenvalue weighted by Crippen LogP contribution is -2.43. The van der Waals surface area contributed by atoms with Gasteiger partial charge in [0.15, 0.2) is 0 Å². The van der Waals surface area contributed by atoms with Crippen molar-refractivity contribution >= 4 is 5.97 Å². The van der Waals surface area contributed by atoms with Crippen LogP contribution in [0.25, 0.3) is 0 Å². The third kappa shape index (κ3) is 1.78. The molecule has 0 unspecified atom stereocenters. The van der Waals surface area contributed by atoms with E-state index in [4.69, 9.17) is 4.74 Å². The van der Waals surface area contributed by atoms with Crippen molar-refractivity contribution in [2.75, 3.05) is 13.1 Å². The van der Waals surface area contributed by atoms with Gasteiger partial charge >= 0.3 is 5.97 Å². The number of esters is 1. The van der Waals surface area contributed by atoms with Crippen LogP contribution in [-0.2, 0) is 9.53 Å². The van der Waals surface area contributed by atoms with Gasteiger partial charge in [0, 0.05) is 0 Å². The molecular weight excluding hydrogens is 178 g/mol. The Balaban J connectivity index is 1.88. The highest BCUT2D eigenvalue weighted by atomic mass is 16.6. The normalized spacial score (nSPS) is 36.1. The number of rotatable bonds is 1. The van der Waals surface area contributed by atoms with Crippen LogP contribution in [0.15, 0.2) is 0 Å². The predicted octanol–water partition coefficient (Wildman–Crippen LogP) is 1.18. The molecule has 1 N–H and O–H groups in total. The molecule has 0 spiro atoms. The molecule has 0 radical (unpaired) electrons. The maximum Gasteiger partial charge on any atom is 0.309 e. The van der Waals surface area contributed by atoms with Crippen molar-refractivity contribution in [3.8, 4) is 0 Å². The Morgan fingerprint density at radius 2 is 2.07 bits per heavy atom. The molecule has 2 aliphatic rings. The van der Waals surface area contributed by atoms with E-state index >= 15 is 0 Å². The number of fused-ring (bicyclic) bond motifs is 1. The first-order valence-electron chi connectivity index (χ1n) is 5.41. The summed E-state index contributed by atoms with van der Waals surface area (Å²) >= 11 is 0. The molecule has 0 aromatic carbocycles.